The Morgan fingerprint density at radius 3 is 2.29 bits per heavy atom. The second-order valence-corrected chi connectivity index (χ2v) is 7.59. The molecule has 0 spiro atoms. The van der Waals surface area contributed by atoms with Gasteiger partial charge in [0.1, 0.15) is 0 Å². The Hall–Kier alpha value is -1.69. The van der Waals surface area contributed by atoms with Gasteiger partial charge in [-0.15, -0.1) is 0 Å². The van der Waals surface area contributed by atoms with Crippen LogP contribution in [-0.4, -0.2) is 35.1 Å². The van der Waals surface area contributed by atoms with Crippen molar-refractivity contribution >= 4 is 17.8 Å². The number of aliphatic carboxylic acids is 1. The maximum Gasteiger partial charge on any atom is 0.303 e. The molecule has 2 fully saturated rings. The van der Waals surface area contributed by atoms with E-state index in [4.69, 9.17) is 9.84 Å². The molecule has 160 valence electrons. The van der Waals surface area contributed by atoms with Gasteiger partial charge in [-0.2, -0.15) is 0 Å². The van der Waals surface area contributed by atoms with Crippen molar-refractivity contribution in [2.45, 2.75) is 109 Å². The summed E-state index contributed by atoms with van der Waals surface area (Å²) in [6.07, 6.45) is 19.5. The van der Waals surface area contributed by atoms with Gasteiger partial charge < -0.3 is 9.84 Å². The lowest BCUT2D eigenvalue weighted by molar-refractivity contribution is -0.137. The Bertz CT molecular complexity index is 489. The number of carboxylic acids is 1. The Kier molecular flexibility index (Phi) is 13.3. The van der Waals surface area contributed by atoms with Crippen LogP contribution in [-0.2, 0) is 19.1 Å². The summed E-state index contributed by atoms with van der Waals surface area (Å²) in [7, 11) is 0. The first kappa shape index (κ1) is 24.3. The first-order valence-electron chi connectivity index (χ1n) is 10.9. The fourth-order valence-electron chi connectivity index (χ4n) is 3.16. The fraction of sp³-hybridized carbons (Fsp3) is 0.773. The summed E-state index contributed by atoms with van der Waals surface area (Å²) in [5.41, 5.74) is 0. The third-order valence-corrected chi connectivity index (χ3v) is 4.93. The van der Waals surface area contributed by atoms with E-state index in [0.29, 0.717) is 31.5 Å². The van der Waals surface area contributed by atoms with Crippen molar-refractivity contribution in [3.05, 3.63) is 12.2 Å². The van der Waals surface area contributed by atoms with Crippen LogP contribution in [0.1, 0.15) is 96.8 Å². The van der Waals surface area contributed by atoms with Gasteiger partial charge in [-0.25, -0.2) is 0 Å². The maximum atomic E-state index is 10.3. The van der Waals surface area contributed by atoms with E-state index in [-0.39, 0.29) is 11.8 Å². The van der Waals surface area contributed by atoms with Crippen LogP contribution in [0.4, 0.5) is 0 Å². The normalized spacial score (nSPS) is 20.8. The number of rotatable bonds is 14. The number of carbonyl (C=O) groups is 3. The van der Waals surface area contributed by atoms with Crippen LogP contribution in [0.2, 0.25) is 0 Å². The van der Waals surface area contributed by atoms with E-state index >= 15 is 0 Å². The summed E-state index contributed by atoms with van der Waals surface area (Å²) in [6.45, 7) is 2.24. The number of epoxide rings is 1. The molecule has 2 amide bonds. The molecule has 0 aromatic carbocycles. The Morgan fingerprint density at radius 1 is 1.00 bits per heavy atom. The molecule has 2 rings (SSSR count). The molecule has 0 aromatic rings. The van der Waals surface area contributed by atoms with E-state index in [9.17, 15) is 14.4 Å². The second-order valence-electron chi connectivity index (χ2n) is 7.59. The van der Waals surface area contributed by atoms with E-state index in [2.05, 4.69) is 24.4 Å². The minimum Gasteiger partial charge on any atom is -0.481 e. The maximum absolute atomic E-state index is 10.3. The minimum atomic E-state index is -0.673. The zero-order chi connectivity index (χ0) is 20.6. The van der Waals surface area contributed by atoms with Gasteiger partial charge in [0, 0.05) is 19.3 Å². The average Bonchev–Trinajstić information content (AvgIpc) is 3.29. The number of hydrogen-bond acceptors (Lipinski definition) is 4. The highest BCUT2D eigenvalue weighted by atomic mass is 16.6. The van der Waals surface area contributed by atoms with Gasteiger partial charge in [-0.05, 0) is 32.1 Å². The highest BCUT2D eigenvalue weighted by Gasteiger charge is 2.36. The molecule has 2 aliphatic heterocycles. The van der Waals surface area contributed by atoms with Crippen LogP contribution >= 0.6 is 0 Å². The van der Waals surface area contributed by atoms with E-state index in [1.54, 1.807) is 0 Å². The van der Waals surface area contributed by atoms with Crippen molar-refractivity contribution in [3.8, 4) is 0 Å². The predicted octanol–water partition coefficient (Wildman–Crippen LogP) is 4.52. The highest BCUT2D eigenvalue weighted by molar-refractivity contribution is 6.01. The van der Waals surface area contributed by atoms with Gasteiger partial charge in [0.15, 0.2) is 0 Å². The number of imide groups is 1. The lowest BCUT2D eigenvalue weighted by atomic mass is 10.1. The number of carboxylic acid groups (broad SMARTS) is 1. The molecule has 2 N–H and O–H groups in total. The van der Waals surface area contributed by atoms with Crippen molar-refractivity contribution in [2.75, 3.05) is 0 Å². The lowest BCUT2D eigenvalue weighted by Gasteiger charge is -1.98. The molecular formula is C22H37NO5. The van der Waals surface area contributed by atoms with Gasteiger partial charge in [-0.3, -0.25) is 19.7 Å². The summed E-state index contributed by atoms with van der Waals surface area (Å²) in [5, 5.41) is 10.7. The molecular weight excluding hydrogens is 358 g/mol. The monoisotopic (exact) mass is 395 g/mol. The van der Waals surface area contributed by atoms with Gasteiger partial charge in [-0.1, -0.05) is 57.6 Å². The molecule has 2 aliphatic rings. The van der Waals surface area contributed by atoms with Crippen molar-refractivity contribution in [2.24, 2.45) is 0 Å². The Balaban J connectivity index is 0.000000467. The number of hydrogen-bond donors (Lipinski definition) is 2. The van der Waals surface area contributed by atoms with Crippen LogP contribution in [0.15, 0.2) is 12.2 Å². The van der Waals surface area contributed by atoms with E-state index < -0.39 is 5.97 Å². The number of amides is 2. The van der Waals surface area contributed by atoms with E-state index in [0.717, 1.165) is 32.1 Å². The number of carbonyl (C=O) groups excluding carboxylic acids is 2. The fourth-order valence-corrected chi connectivity index (χ4v) is 3.16. The molecule has 6 heteroatoms. The van der Waals surface area contributed by atoms with Crippen LogP contribution in [0, 0.1) is 0 Å². The van der Waals surface area contributed by atoms with Crippen LogP contribution in [0.5, 0.6) is 0 Å². The largest absolute Gasteiger partial charge is 0.481 e. The predicted molar refractivity (Wildman–Crippen MR) is 109 cm³/mol. The van der Waals surface area contributed by atoms with Crippen LogP contribution < -0.4 is 5.32 Å². The standard InChI is InChI=1S/C18H32O3.C4H5NO2/c1-2-3-10-13-16-17(21-16)14-11-8-6-4-5-7-9-12-15-18(19)20;6-3-1-2-4(7)5-3/h8,11,16-17H,2-7,9-10,12-15H2,1H3,(H,19,20);1-2H2,(H,5,6,7)/b11-8-;/t16-,17+;/m1./s1. The highest BCUT2D eigenvalue weighted by Crippen LogP contribution is 2.30. The first-order valence-corrected chi connectivity index (χ1v) is 10.9. The molecule has 0 unspecified atom stereocenters. The van der Waals surface area contributed by atoms with Crippen molar-refractivity contribution in [3.63, 3.8) is 0 Å². The topological polar surface area (TPSA) is 96.0 Å². The molecule has 0 aliphatic carbocycles. The quantitative estimate of drug-likeness (QED) is 0.195. The Labute approximate surface area is 169 Å². The molecule has 6 nitrogen and oxygen atoms in total. The summed E-state index contributed by atoms with van der Waals surface area (Å²) in [4.78, 5) is 30.6. The number of allylic oxidation sites excluding steroid dienone is 1. The van der Waals surface area contributed by atoms with Gasteiger partial charge in [0.25, 0.3) is 0 Å². The SMILES string of the molecule is CCCCC[C@H]1O[C@H]1C/C=C\CCCCCCCC(=O)O.O=C1CCC(=O)N1. The molecule has 2 atom stereocenters. The van der Waals surface area contributed by atoms with Crippen molar-refractivity contribution < 1.29 is 24.2 Å². The zero-order valence-electron chi connectivity index (χ0n) is 17.3. The number of unbranched alkanes of at least 4 members (excludes halogenated alkanes) is 7. The molecule has 28 heavy (non-hydrogen) atoms. The van der Waals surface area contributed by atoms with Gasteiger partial charge in [0.2, 0.25) is 11.8 Å². The third-order valence-electron chi connectivity index (χ3n) is 4.93. The van der Waals surface area contributed by atoms with E-state index in [1.165, 1.54) is 38.5 Å². The Morgan fingerprint density at radius 2 is 1.68 bits per heavy atom. The smallest absolute Gasteiger partial charge is 0.303 e. The molecule has 0 saturated carbocycles. The molecule has 2 saturated heterocycles. The third kappa shape index (κ3) is 13.5. The average molecular weight is 396 g/mol. The number of nitrogens with one attached hydrogen (secondary N) is 1. The molecule has 0 bridgehead atoms. The summed E-state index contributed by atoms with van der Waals surface area (Å²) in [6, 6.07) is 0. The van der Waals surface area contributed by atoms with Crippen molar-refractivity contribution in [1.29, 1.82) is 0 Å². The summed E-state index contributed by atoms with van der Waals surface area (Å²) in [5.74, 6) is -0.969. The zero-order valence-corrected chi connectivity index (χ0v) is 17.3. The van der Waals surface area contributed by atoms with Crippen LogP contribution in [0.25, 0.3) is 0 Å². The molecule has 0 radical (unpaired) electrons. The van der Waals surface area contributed by atoms with Crippen LogP contribution in [0.3, 0.4) is 0 Å². The molecule has 2 heterocycles. The first-order chi connectivity index (χ1) is 13.5. The summed E-state index contributed by atoms with van der Waals surface area (Å²) < 4.78 is 5.66. The number of ether oxygens (including phenoxy) is 1. The lowest BCUT2D eigenvalue weighted by Crippen LogP contribution is -2.18. The van der Waals surface area contributed by atoms with E-state index in [1.807, 2.05) is 0 Å². The second kappa shape index (κ2) is 15.3. The van der Waals surface area contributed by atoms with Crippen molar-refractivity contribution in [1.82, 2.24) is 5.32 Å². The van der Waals surface area contributed by atoms with Gasteiger partial charge >= 0.3 is 5.97 Å². The summed E-state index contributed by atoms with van der Waals surface area (Å²) >= 11 is 0. The van der Waals surface area contributed by atoms with Gasteiger partial charge in [0.05, 0.1) is 12.2 Å². The minimum absolute atomic E-state index is 0.148. The molecule has 0 aromatic heterocycles.